The first-order valence-corrected chi connectivity index (χ1v) is 7.48. The summed E-state index contributed by atoms with van der Waals surface area (Å²) >= 11 is 6.82. The van der Waals surface area contributed by atoms with Gasteiger partial charge in [-0.2, -0.15) is 5.10 Å². The van der Waals surface area contributed by atoms with Crippen molar-refractivity contribution in [3.05, 3.63) is 57.2 Å². The van der Waals surface area contributed by atoms with Crippen LogP contribution in [0.5, 0.6) is 0 Å². The number of pyridine rings is 1. The summed E-state index contributed by atoms with van der Waals surface area (Å²) in [5.41, 5.74) is 5.00. The van der Waals surface area contributed by atoms with Crippen LogP contribution < -0.4 is 5.43 Å². The number of rotatable bonds is 3. The predicted molar refractivity (Wildman–Crippen MR) is 89.2 cm³/mol. The predicted octanol–water partition coefficient (Wildman–Crippen LogP) is 4.53. The minimum absolute atomic E-state index is 0.700. The molecule has 0 aliphatic carbocycles. The second-order valence-electron chi connectivity index (χ2n) is 4.17. The van der Waals surface area contributed by atoms with Crippen molar-refractivity contribution in [1.82, 2.24) is 9.97 Å². The summed E-state index contributed by atoms with van der Waals surface area (Å²) < 4.78 is 1.98. The summed E-state index contributed by atoms with van der Waals surface area (Å²) in [6, 6.07) is 9.86. The fourth-order valence-corrected chi connectivity index (χ4v) is 2.43. The smallest absolute Gasteiger partial charge is 0.146 e. The van der Waals surface area contributed by atoms with Gasteiger partial charge in [0.25, 0.3) is 0 Å². The fraction of sp³-hybridized carbons (Fsp3) is 0. The van der Waals surface area contributed by atoms with E-state index in [1.54, 1.807) is 12.4 Å². The lowest BCUT2D eigenvalue weighted by molar-refractivity contribution is 1.22. The molecule has 100 valence electrons. The maximum atomic E-state index is 4.21. The number of hydrazone groups is 1. The van der Waals surface area contributed by atoms with E-state index in [2.05, 4.69) is 58.4 Å². The Morgan fingerprint density at radius 2 is 2.00 bits per heavy atom. The molecule has 1 aromatic carbocycles. The molecule has 0 atom stereocenters. The van der Waals surface area contributed by atoms with Gasteiger partial charge in [0.2, 0.25) is 0 Å². The van der Waals surface area contributed by atoms with E-state index in [0.29, 0.717) is 5.82 Å². The number of fused-ring (bicyclic) bond motifs is 1. The van der Waals surface area contributed by atoms with Gasteiger partial charge in [-0.25, -0.2) is 4.98 Å². The standard InChI is InChI=1S/C14H10Br2N4/c15-10-1-3-13-12(5-10)9(6-17-13)7-19-20-14-4-2-11(16)8-18-14/h1-8,17H,(H,18,20)/b19-7+. The molecule has 6 heteroatoms. The summed E-state index contributed by atoms with van der Waals surface area (Å²) in [4.78, 5) is 7.40. The van der Waals surface area contributed by atoms with Gasteiger partial charge in [-0.3, -0.25) is 5.43 Å². The van der Waals surface area contributed by atoms with Gasteiger partial charge in [0, 0.05) is 37.8 Å². The highest BCUT2D eigenvalue weighted by Gasteiger charge is 2.01. The third kappa shape index (κ3) is 2.91. The van der Waals surface area contributed by atoms with Crippen LogP contribution in [0.25, 0.3) is 10.9 Å². The van der Waals surface area contributed by atoms with Crippen LogP contribution >= 0.6 is 31.9 Å². The Labute approximate surface area is 132 Å². The minimum atomic E-state index is 0.700. The molecular formula is C14H10Br2N4. The Morgan fingerprint density at radius 1 is 1.15 bits per heavy atom. The number of H-pyrrole nitrogens is 1. The van der Waals surface area contributed by atoms with E-state index in [1.807, 2.05) is 30.5 Å². The first kappa shape index (κ1) is 13.3. The molecule has 2 heterocycles. The van der Waals surface area contributed by atoms with Crippen LogP contribution in [0.1, 0.15) is 5.56 Å². The van der Waals surface area contributed by atoms with Crippen molar-refractivity contribution in [2.24, 2.45) is 5.10 Å². The largest absolute Gasteiger partial charge is 0.361 e. The highest BCUT2D eigenvalue weighted by atomic mass is 79.9. The van der Waals surface area contributed by atoms with Gasteiger partial charge < -0.3 is 4.98 Å². The Balaban J connectivity index is 1.80. The Kier molecular flexibility index (Phi) is 3.84. The number of halogens is 2. The number of benzene rings is 1. The average molecular weight is 394 g/mol. The van der Waals surface area contributed by atoms with Crippen LogP contribution in [-0.4, -0.2) is 16.2 Å². The van der Waals surface area contributed by atoms with E-state index in [1.165, 1.54) is 0 Å². The molecule has 3 rings (SSSR count). The zero-order valence-corrected chi connectivity index (χ0v) is 13.4. The van der Waals surface area contributed by atoms with Gasteiger partial charge in [-0.15, -0.1) is 0 Å². The molecule has 0 radical (unpaired) electrons. The van der Waals surface area contributed by atoms with Gasteiger partial charge in [0.1, 0.15) is 5.82 Å². The lowest BCUT2D eigenvalue weighted by atomic mass is 10.2. The SMILES string of the molecule is Brc1ccc(N/N=C/c2c[nH]c3ccc(Br)cc23)nc1. The lowest BCUT2D eigenvalue weighted by Gasteiger charge is -1.98. The zero-order valence-electron chi connectivity index (χ0n) is 10.3. The van der Waals surface area contributed by atoms with E-state index in [0.717, 1.165) is 25.4 Å². The van der Waals surface area contributed by atoms with E-state index in [9.17, 15) is 0 Å². The highest BCUT2D eigenvalue weighted by molar-refractivity contribution is 9.10. The molecule has 0 aliphatic heterocycles. The van der Waals surface area contributed by atoms with Crippen LogP contribution in [0.15, 0.2) is 56.8 Å². The van der Waals surface area contributed by atoms with Gasteiger partial charge in [-0.1, -0.05) is 15.9 Å². The Hall–Kier alpha value is -1.66. The molecule has 0 saturated heterocycles. The maximum Gasteiger partial charge on any atom is 0.146 e. The molecule has 0 unspecified atom stereocenters. The molecule has 0 amide bonds. The van der Waals surface area contributed by atoms with Crippen molar-refractivity contribution in [2.45, 2.75) is 0 Å². The Bertz CT molecular complexity index is 762. The molecule has 0 bridgehead atoms. The van der Waals surface area contributed by atoms with E-state index in [-0.39, 0.29) is 0 Å². The van der Waals surface area contributed by atoms with Gasteiger partial charge in [-0.05, 0) is 46.3 Å². The summed E-state index contributed by atoms with van der Waals surface area (Å²) in [5.74, 6) is 0.700. The van der Waals surface area contributed by atoms with Crippen molar-refractivity contribution in [3.8, 4) is 0 Å². The topological polar surface area (TPSA) is 53.1 Å². The van der Waals surface area contributed by atoms with E-state index in [4.69, 9.17) is 0 Å². The van der Waals surface area contributed by atoms with Crippen molar-refractivity contribution < 1.29 is 0 Å². The number of hydrogen-bond acceptors (Lipinski definition) is 3. The molecule has 2 aromatic heterocycles. The first-order chi connectivity index (χ1) is 9.72. The summed E-state index contributed by atoms with van der Waals surface area (Å²) in [5, 5.41) is 5.32. The summed E-state index contributed by atoms with van der Waals surface area (Å²) in [7, 11) is 0. The lowest BCUT2D eigenvalue weighted by Crippen LogP contribution is -1.92. The molecular weight excluding hydrogens is 384 g/mol. The molecule has 4 nitrogen and oxygen atoms in total. The van der Waals surface area contributed by atoms with Crippen molar-refractivity contribution in [3.63, 3.8) is 0 Å². The molecule has 2 N–H and O–H groups in total. The Morgan fingerprint density at radius 3 is 2.80 bits per heavy atom. The van der Waals surface area contributed by atoms with Crippen LogP contribution in [-0.2, 0) is 0 Å². The molecule has 0 saturated carbocycles. The quantitative estimate of drug-likeness (QED) is 0.507. The van der Waals surface area contributed by atoms with Gasteiger partial charge >= 0.3 is 0 Å². The molecule has 0 fully saturated rings. The third-order valence-electron chi connectivity index (χ3n) is 2.79. The number of nitrogens with one attached hydrogen (secondary N) is 2. The average Bonchev–Trinajstić information content (AvgIpc) is 2.84. The maximum absolute atomic E-state index is 4.21. The van der Waals surface area contributed by atoms with Gasteiger partial charge in [0.05, 0.1) is 6.21 Å². The van der Waals surface area contributed by atoms with Crippen molar-refractivity contribution >= 4 is 54.8 Å². The normalized spacial score (nSPS) is 11.3. The van der Waals surface area contributed by atoms with Crippen LogP contribution in [0, 0.1) is 0 Å². The molecule has 20 heavy (non-hydrogen) atoms. The number of hydrogen-bond donors (Lipinski definition) is 2. The zero-order chi connectivity index (χ0) is 13.9. The number of nitrogens with zero attached hydrogens (tertiary/aromatic N) is 2. The van der Waals surface area contributed by atoms with Crippen molar-refractivity contribution in [1.29, 1.82) is 0 Å². The highest BCUT2D eigenvalue weighted by Crippen LogP contribution is 2.21. The monoisotopic (exact) mass is 392 g/mol. The third-order valence-corrected chi connectivity index (χ3v) is 3.75. The first-order valence-electron chi connectivity index (χ1n) is 5.89. The van der Waals surface area contributed by atoms with Crippen LogP contribution in [0.3, 0.4) is 0 Å². The van der Waals surface area contributed by atoms with E-state index < -0.39 is 0 Å². The summed E-state index contributed by atoms with van der Waals surface area (Å²) in [6.07, 6.45) is 5.42. The van der Waals surface area contributed by atoms with Gasteiger partial charge in [0.15, 0.2) is 0 Å². The number of anilines is 1. The molecule has 0 aliphatic rings. The second kappa shape index (κ2) is 5.76. The molecule has 0 spiro atoms. The minimum Gasteiger partial charge on any atom is -0.361 e. The van der Waals surface area contributed by atoms with Crippen molar-refractivity contribution in [2.75, 3.05) is 5.43 Å². The number of aromatic nitrogens is 2. The summed E-state index contributed by atoms with van der Waals surface area (Å²) in [6.45, 7) is 0. The fourth-order valence-electron chi connectivity index (χ4n) is 1.83. The second-order valence-corrected chi connectivity index (χ2v) is 6.00. The number of aromatic amines is 1. The van der Waals surface area contributed by atoms with E-state index >= 15 is 0 Å². The van der Waals surface area contributed by atoms with Crippen LogP contribution in [0.2, 0.25) is 0 Å². The molecule has 3 aromatic rings. The van der Waals surface area contributed by atoms with Crippen LogP contribution in [0.4, 0.5) is 5.82 Å².